The van der Waals surface area contributed by atoms with Crippen LogP contribution in [0.1, 0.15) is 24.9 Å². The molecule has 0 saturated carbocycles. The van der Waals surface area contributed by atoms with Gasteiger partial charge in [0.25, 0.3) is 0 Å². The number of benzene rings is 1. The van der Waals surface area contributed by atoms with Crippen molar-refractivity contribution in [2.75, 3.05) is 36.0 Å². The van der Waals surface area contributed by atoms with Crippen molar-refractivity contribution in [2.45, 2.75) is 26.7 Å². The number of fused-ring (bicyclic) bond motifs is 1. The Morgan fingerprint density at radius 2 is 1.73 bits per heavy atom. The Bertz CT molecular complexity index is 900. The molecule has 1 saturated heterocycles. The average molecular weight is 347 g/mol. The number of hydrogen-bond donors (Lipinski definition) is 0. The van der Waals surface area contributed by atoms with Crippen LogP contribution in [0, 0.1) is 6.92 Å². The summed E-state index contributed by atoms with van der Waals surface area (Å²) in [5.74, 6) is 1.86. The van der Waals surface area contributed by atoms with E-state index in [1.54, 1.807) is 0 Å². The van der Waals surface area contributed by atoms with E-state index in [1.165, 1.54) is 16.8 Å². The number of piperazine rings is 1. The molecular weight excluding hydrogens is 322 g/mol. The molecule has 4 rings (SSSR count). The maximum Gasteiger partial charge on any atom is 0.132 e. The maximum atomic E-state index is 4.84. The summed E-state index contributed by atoms with van der Waals surface area (Å²) in [5.41, 5.74) is 3.61. The summed E-state index contributed by atoms with van der Waals surface area (Å²) < 4.78 is 0. The fourth-order valence-corrected chi connectivity index (χ4v) is 3.65. The number of aromatic nitrogens is 3. The third-order valence-corrected chi connectivity index (χ3v) is 4.96. The summed E-state index contributed by atoms with van der Waals surface area (Å²) in [6.45, 7) is 8.06. The van der Waals surface area contributed by atoms with Crippen LogP contribution in [0.3, 0.4) is 0 Å². The van der Waals surface area contributed by atoms with E-state index < -0.39 is 0 Å². The lowest BCUT2D eigenvalue weighted by molar-refractivity contribution is 0.646. The second-order valence-electron chi connectivity index (χ2n) is 6.84. The summed E-state index contributed by atoms with van der Waals surface area (Å²) in [6.07, 6.45) is 3.99. The molecule has 0 atom stereocenters. The van der Waals surface area contributed by atoms with Gasteiger partial charge in [-0.05, 0) is 31.5 Å². The van der Waals surface area contributed by atoms with Gasteiger partial charge in [0.05, 0.1) is 5.52 Å². The predicted octanol–water partition coefficient (Wildman–Crippen LogP) is 3.61. The van der Waals surface area contributed by atoms with Crippen molar-refractivity contribution < 1.29 is 0 Å². The van der Waals surface area contributed by atoms with E-state index in [-0.39, 0.29) is 0 Å². The van der Waals surface area contributed by atoms with Crippen LogP contribution in [0.4, 0.5) is 11.5 Å². The van der Waals surface area contributed by atoms with E-state index in [2.05, 4.69) is 57.0 Å². The van der Waals surface area contributed by atoms with E-state index in [0.29, 0.717) is 0 Å². The highest BCUT2D eigenvalue weighted by molar-refractivity contribution is 5.92. The molecule has 0 N–H and O–H groups in total. The Balaban J connectivity index is 1.59. The van der Waals surface area contributed by atoms with Gasteiger partial charge in [-0.1, -0.05) is 31.5 Å². The number of nitrogens with zero attached hydrogens (tertiary/aromatic N) is 5. The largest absolute Gasteiger partial charge is 0.367 e. The number of rotatable bonds is 4. The number of aryl methyl sites for hydroxylation is 2. The van der Waals surface area contributed by atoms with Crippen LogP contribution in [0.5, 0.6) is 0 Å². The molecule has 3 aromatic rings. The van der Waals surface area contributed by atoms with Gasteiger partial charge in [-0.2, -0.15) is 0 Å². The van der Waals surface area contributed by atoms with Crippen LogP contribution in [0.25, 0.3) is 10.9 Å². The Labute approximate surface area is 154 Å². The van der Waals surface area contributed by atoms with Gasteiger partial charge >= 0.3 is 0 Å². The van der Waals surface area contributed by atoms with Crippen LogP contribution in [-0.2, 0) is 6.42 Å². The van der Waals surface area contributed by atoms with E-state index in [4.69, 9.17) is 4.98 Å². The highest BCUT2D eigenvalue weighted by Crippen LogP contribution is 2.28. The molecule has 0 unspecified atom stereocenters. The molecule has 2 aromatic heterocycles. The molecule has 0 amide bonds. The molecule has 0 bridgehead atoms. The summed E-state index contributed by atoms with van der Waals surface area (Å²) in [4.78, 5) is 18.5. The van der Waals surface area contributed by atoms with Crippen LogP contribution in [-0.4, -0.2) is 41.1 Å². The molecule has 5 nitrogen and oxygen atoms in total. The normalized spacial score (nSPS) is 14.8. The molecule has 3 heterocycles. The molecule has 134 valence electrons. The number of hydrogen-bond acceptors (Lipinski definition) is 5. The van der Waals surface area contributed by atoms with Gasteiger partial charge in [0.2, 0.25) is 0 Å². The molecule has 0 radical (unpaired) electrons. The fourth-order valence-electron chi connectivity index (χ4n) is 3.65. The monoisotopic (exact) mass is 347 g/mol. The molecule has 0 spiro atoms. The van der Waals surface area contributed by atoms with Crippen LogP contribution in [0.2, 0.25) is 0 Å². The second-order valence-corrected chi connectivity index (χ2v) is 6.84. The smallest absolute Gasteiger partial charge is 0.132 e. The van der Waals surface area contributed by atoms with E-state index in [1.807, 2.05) is 19.2 Å². The minimum Gasteiger partial charge on any atom is -0.367 e. The Hall–Kier alpha value is -2.69. The zero-order valence-electron chi connectivity index (χ0n) is 15.5. The first-order chi connectivity index (χ1) is 12.7. The average Bonchev–Trinajstić information content (AvgIpc) is 2.68. The SMILES string of the molecule is CCCc1cc(N2CCN(c3ccnc(C)n3)CC2)c2ccccc2n1. The molecule has 0 aliphatic carbocycles. The summed E-state index contributed by atoms with van der Waals surface area (Å²) in [6, 6.07) is 12.8. The Kier molecular flexibility index (Phi) is 4.69. The number of para-hydroxylation sites is 1. The van der Waals surface area contributed by atoms with Gasteiger partial charge < -0.3 is 9.80 Å². The van der Waals surface area contributed by atoms with Crippen molar-refractivity contribution in [1.82, 2.24) is 15.0 Å². The van der Waals surface area contributed by atoms with Crippen molar-refractivity contribution in [3.63, 3.8) is 0 Å². The lowest BCUT2D eigenvalue weighted by atomic mass is 10.1. The molecule has 1 fully saturated rings. The van der Waals surface area contributed by atoms with Gasteiger partial charge in [0.15, 0.2) is 0 Å². The fraction of sp³-hybridized carbons (Fsp3) is 0.381. The summed E-state index contributed by atoms with van der Waals surface area (Å²) in [5, 5.41) is 1.25. The Morgan fingerprint density at radius 1 is 0.962 bits per heavy atom. The third-order valence-electron chi connectivity index (χ3n) is 4.96. The maximum absolute atomic E-state index is 4.84. The molecular formula is C21H25N5. The minimum absolute atomic E-state index is 0.828. The van der Waals surface area contributed by atoms with Gasteiger partial charge in [0.1, 0.15) is 11.6 Å². The molecule has 26 heavy (non-hydrogen) atoms. The molecule has 1 aromatic carbocycles. The third kappa shape index (κ3) is 3.34. The first-order valence-electron chi connectivity index (χ1n) is 9.43. The molecule has 1 aliphatic rings. The van der Waals surface area contributed by atoms with Gasteiger partial charge in [-0.15, -0.1) is 0 Å². The topological polar surface area (TPSA) is 45.2 Å². The number of anilines is 2. The number of pyridine rings is 1. The van der Waals surface area contributed by atoms with Crippen LogP contribution >= 0.6 is 0 Å². The van der Waals surface area contributed by atoms with Gasteiger partial charge in [-0.25, -0.2) is 9.97 Å². The van der Waals surface area contributed by atoms with Crippen molar-refractivity contribution in [1.29, 1.82) is 0 Å². The lowest BCUT2D eigenvalue weighted by Gasteiger charge is -2.37. The molecule has 1 aliphatic heterocycles. The minimum atomic E-state index is 0.828. The highest BCUT2D eigenvalue weighted by Gasteiger charge is 2.20. The van der Waals surface area contributed by atoms with E-state index >= 15 is 0 Å². The van der Waals surface area contributed by atoms with Crippen LogP contribution in [0.15, 0.2) is 42.6 Å². The van der Waals surface area contributed by atoms with Gasteiger partial charge in [-0.3, -0.25) is 4.98 Å². The second kappa shape index (κ2) is 7.28. The first-order valence-corrected chi connectivity index (χ1v) is 9.43. The lowest BCUT2D eigenvalue weighted by Crippen LogP contribution is -2.47. The van der Waals surface area contributed by atoms with E-state index in [9.17, 15) is 0 Å². The van der Waals surface area contributed by atoms with Gasteiger partial charge in [0, 0.05) is 49.1 Å². The van der Waals surface area contributed by atoms with Crippen molar-refractivity contribution in [2.24, 2.45) is 0 Å². The van der Waals surface area contributed by atoms with E-state index in [0.717, 1.165) is 56.2 Å². The summed E-state index contributed by atoms with van der Waals surface area (Å²) >= 11 is 0. The van der Waals surface area contributed by atoms with Crippen molar-refractivity contribution >= 4 is 22.4 Å². The highest BCUT2D eigenvalue weighted by atomic mass is 15.3. The van der Waals surface area contributed by atoms with Crippen molar-refractivity contribution in [3.8, 4) is 0 Å². The zero-order valence-corrected chi connectivity index (χ0v) is 15.5. The first kappa shape index (κ1) is 16.8. The van der Waals surface area contributed by atoms with Crippen molar-refractivity contribution in [3.05, 3.63) is 54.1 Å². The zero-order chi connectivity index (χ0) is 17.9. The standard InChI is InChI=1S/C21H25N5/c1-3-6-17-15-20(18-7-4-5-8-19(18)24-17)25-11-13-26(14-12-25)21-9-10-22-16(2)23-21/h4-5,7-10,15H,3,6,11-14H2,1-2H3. The summed E-state index contributed by atoms with van der Waals surface area (Å²) in [7, 11) is 0. The predicted molar refractivity (Wildman–Crippen MR) is 107 cm³/mol. The van der Waals surface area contributed by atoms with Crippen LogP contribution < -0.4 is 9.80 Å². The molecule has 5 heteroatoms. The quantitative estimate of drug-likeness (QED) is 0.721. The Morgan fingerprint density at radius 3 is 2.50 bits per heavy atom.